The Kier molecular flexibility index (Phi) is 2.30. The van der Waals surface area contributed by atoms with Gasteiger partial charge in [0.25, 0.3) is 0 Å². The standard InChI is InChI=1S/C8H14O2/c1-3-5-6-7(4-2)10-8(6)9/h6-7H,3-5H2,1-2H3. The first-order valence-corrected chi connectivity index (χ1v) is 4.00. The van der Waals surface area contributed by atoms with E-state index in [4.69, 9.17) is 4.74 Å². The lowest BCUT2D eigenvalue weighted by Crippen LogP contribution is -2.44. The van der Waals surface area contributed by atoms with E-state index in [1.165, 1.54) is 0 Å². The fraction of sp³-hybridized carbons (Fsp3) is 0.875. The Balaban J connectivity index is 2.32. The van der Waals surface area contributed by atoms with Crippen molar-refractivity contribution in [1.29, 1.82) is 0 Å². The summed E-state index contributed by atoms with van der Waals surface area (Å²) in [6.45, 7) is 4.15. The van der Waals surface area contributed by atoms with Gasteiger partial charge in [0.1, 0.15) is 6.10 Å². The molecular formula is C8H14O2. The molecular weight excluding hydrogens is 128 g/mol. The first-order valence-electron chi connectivity index (χ1n) is 4.00. The Bertz CT molecular complexity index is 131. The van der Waals surface area contributed by atoms with Gasteiger partial charge in [0.15, 0.2) is 0 Å². The molecule has 0 aromatic heterocycles. The first kappa shape index (κ1) is 7.58. The maximum atomic E-state index is 10.8. The Morgan fingerprint density at radius 1 is 1.50 bits per heavy atom. The molecule has 2 heteroatoms. The number of carbonyl (C=O) groups is 1. The van der Waals surface area contributed by atoms with Crippen LogP contribution in [0.25, 0.3) is 0 Å². The molecule has 0 bridgehead atoms. The fourth-order valence-corrected chi connectivity index (χ4v) is 1.38. The molecule has 2 unspecified atom stereocenters. The number of hydrogen-bond acceptors (Lipinski definition) is 2. The number of ether oxygens (including phenoxy) is 1. The monoisotopic (exact) mass is 142 g/mol. The van der Waals surface area contributed by atoms with E-state index < -0.39 is 0 Å². The Hall–Kier alpha value is -0.530. The number of hydrogen-bond donors (Lipinski definition) is 0. The van der Waals surface area contributed by atoms with Crippen LogP contribution in [0.1, 0.15) is 33.1 Å². The maximum Gasteiger partial charge on any atom is 0.313 e. The van der Waals surface area contributed by atoms with Gasteiger partial charge >= 0.3 is 5.97 Å². The van der Waals surface area contributed by atoms with Crippen LogP contribution in [0.5, 0.6) is 0 Å². The summed E-state index contributed by atoms with van der Waals surface area (Å²) in [5, 5.41) is 0. The van der Waals surface area contributed by atoms with E-state index >= 15 is 0 Å². The third-order valence-electron chi connectivity index (χ3n) is 2.02. The third-order valence-corrected chi connectivity index (χ3v) is 2.02. The van der Waals surface area contributed by atoms with Crippen molar-refractivity contribution in [2.45, 2.75) is 39.2 Å². The van der Waals surface area contributed by atoms with Crippen LogP contribution in [0.15, 0.2) is 0 Å². The summed E-state index contributed by atoms with van der Waals surface area (Å²) in [6.07, 6.45) is 3.27. The summed E-state index contributed by atoms with van der Waals surface area (Å²) in [5.41, 5.74) is 0. The van der Waals surface area contributed by atoms with Crippen molar-refractivity contribution in [1.82, 2.24) is 0 Å². The van der Waals surface area contributed by atoms with Crippen LogP contribution in [0.4, 0.5) is 0 Å². The molecule has 0 spiro atoms. The van der Waals surface area contributed by atoms with Crippen molar-refractivity contribution in [3.8, 4) is 0 Å². The molecule has 2 nitrogen and oxygen atoms in total. The predicted octanol–water partition coefficient (Wildman–Crippen LogP) is 1.74. The van der Waals surface area contributed by atoms with E-state index in [-0.39, 0.29) is 18.0 Å². The number of esters is 1. The van der Waals surface area contributed by atoms with Gasteiger partial charge in [0.2, 0.25) is 0 Å². The highest BCUT2D eigenvalue weighted by molar-refractivity contribution is 5.78. The van der Waals surface area contributed by atoms with Crippen molar-refractivity contribution < 1.29 is 9.53 Å². The molecule has 1 saturated heterocycles. The molecule has 0 saturated carbocycles. The van der Waals surface area contributed by atoms with E-state index in [0.717, 1.165) is 19.3 Å². The van der Waals surface area contributed by atoms with Gasteiger partial charge in [-0.25, -0.2) is 0 Å². The van der Waals surface area contributed by atoms with E-state index in [0.29, 0.717) is 0 Å². The minimum Gasteiger partial charge on any atom is -0.461 e. The highest BCUT2D eigenvalue weighted by Gasteiger charge is 2.39. The molecule has 1 fully saturated rings. The molecule has 0 aromatic carbocycles. The molecule has 0 aliphatic carbocycles. The fourth-order valence-electron chi connectivity index (χ4n) is 1.38. The van der Waals surface area contributed by atoms with Crippen LogP contribution in [-0.2, 0) is 9.53 Å². The number of rotatable bonds is 3. The van der Waals surface area contributed by atoms with Crippen molar-refractivity contribution in [3.05, 3.63) is 0 Å². The molecule has 0 N–H and O–H groups in total. The normalized spacial score (nSPS) is 31.2. The Morgan fingerprint density at radius 2 is 2.20 bits per heavy atom. The smallest absolute Gasteiger partial charge is 0.313 e. The van der Waals surface area contributed by atoms with E-state index in [1.807, 2.05) is 0 Å². The molecule has 1 rings (SSSR count). The Labute approximate surface area is 61.6 Å². The third kappa shape index (κ3) is 1.15. The van der Waals surface area contributed by atoms with Crippen molar-refractivity contribution in [2.24, 2.45) is 5.92 Å². The van der Waals surface area contributed by atoms with E-state index in [9.17, 15) is 4.79 Å². The highest BCUT2D eigenvalue weighted by Crippen LogP contribution is 2.28. The summed E-state index contributed by atoms with van der Waals surface area (Å²) in [7, 11) is 0. The van der Waals surface area contributed by atoms with Crippen LogP contribution in [0.2, 0.25) is 0 Å². The average molecular weight is 142 g/mol. The molecule has 1 aliphatic rings. The van der Waals surface area contributed by atoms with Crippen molar-refractivity contribution >= 4 is 5.97 Å². The van der Waals surface area contributed by atoms with Crippen LogP contribution >= 0.6 is 0 Å². The van der Waals surface area contributed by atoms with E-state index in [1.54, 1.807) is 0 Å². The quantitative estimate of drug-likeness (QED) is 0.561. The molecule has 58 valence electrons. The van der Waals surface area contributed by atoms with Crippen LogP contribution in [-0.4, -0.2) is 12.1 Å². The zero-order valence-corrected chi connectivity index (χ0v) is 6.59. The lowest BCUT2D eigenvalue weighted by molar-refractivity contribution is -0.185. The summed E-state index contributed by atoms with van der Waals surface area (Å²) in [5.74, 6) is 0.226. The van der Waals surface area contributed by atoms with Gasteiger partial charge in [-0.1, -0.05) is 20.3 Å². The SMILES string of the molecule is CCCC1C(=O)OC1CC. The number of cyclic esters (lactones) is 1. The molecule has 1 heterocycles. The van der Waals surface area contributed by atoms with Crippen LogP contribution < -0.4 is 0 Å². The lowest BCUT2D eigenvalue weighted by atomic mass is 9.91. The lowest BCUT2D eigenvalue weighted by Gasteiger charge is -2.34. The molecule has 1 aliphatic heterocycles. The molecule has 0 aromatic rings. The van der Waals surface area contributed by atoms with Crippen LogP contribution in [0, 0.1) is 5.92 Å². The second kappa shape index (κ2) is 3.04. The van der Waals surface area contributed by atoms with Crippen molar-refractivity contribution in [3.63, 3.8) is 0 Å². The molecule has 0 amide bonds. The maximum absolute atomic E-state index is 10.8. The predicted molar refractivity (Wildman–Crippen MR) is 38.6 cm³/mol. The summed E-state index contributed by atoms with van der Waals surface area (Å²) in [6, 6.07) is 0. The topological polar surface area (TPSA) is 26.3 Å². The van der Waals surface area contributed by atoms with Crippen LogP contribution in [0.3, 0.4) is 0 Å². The van der Waals surface area contributed by atoms with Gasteiger partial charge in [-0.3, -0.25) is 4.79 Å². The largest absolute Gasteiger partial charge is 0.461 e. The van der Waals surface area contributed by atoms with Gasteiger partial charge in [-0.05, 0) is 12.8 Å². The van der Waals surface area contributed by atoms with E-state index in [2.05, 4.69) is 13.8 Å². The van der Waals surface area contributed by atoms with Gasteiger partial charge in [-0.2, -0.15) is 0 Å². The minimum atomic E-state index is 0.00806. The van der Waals surface area contributed by atoms with Crippen molar-refractivity contribution in [2.75, 3.05) is 0 Å². The molecule has 0 radical (unpaired) electrons. The minimum absolute atomic E-state index is 0.00806. The second-order valence-corrected chi connectivity index (χ2v) is 2.78. The summed E-state index contributed by atoms with van der Waals surface area (Å²) >= 11 is 0. The van der Waals surface area contributed by atoms with Gasteiger partial charge in [-0.15, -0.1) is 0 Å². The second-order valence-electron chi connectivity index (χ2n) is 2.78. The molecule has 10 heavy (non-hydrogen) atoms. The van der Waals surface area contributed by atoms with Gasteiger partial charge < -0.3 is 4.74 Å². The zero-order valence-electron chi connectivity index (χ0n) is 6.59. The highest BCUT2D eigenvalue weighted by atomic mass is 16.6. The summed E-state index contributed by atoms with van der Waals surface area (Å²) < 4.78 is 4.91. The van der Waals surface area contributed by atoms with Gasteiger partial charge in [0.05, 0.1) is 5.92 Å². The average Bonchev–Trinajstić information content (AvgIpc) is 1.95. The number of carbonyl (C=O) groups excluding carboxylic acids is 1. The Morgan fingerprint density at radius 3 is 2.60 bits per heavy atom. The molecule has 2 atom stereocenters. The van der Waals surface area contributed by atoms with Gasteiger partial charge in [0, 0.05) is 0 Å². The summed E-state index contributed by atoms with van der Waals surface area (Å²) in [4.78, 5) is 10.8. The first-order chi connectivity index (χ1) is 4.79. The zero-order chi connectivity index (χ0) is 7.56.